The number of halogens is 6. The normalized spacial score (nSPS) is 28.8. The van der Waals surface area contributed by atoms with Crippen LogP contribution < -0.4 is 10.6 Å². The van der Waals surface area contributed by atoms with Crippen molar-refractivity contribution in [2.75, 3.05) is 19.7 Å². The molecule has 36 heavy (non-hydrogen) atoms. The molecule has 204 valence electrons. The number of fused-ring (bicyclic) bond motifs is 1. The molecule has 3 amide bonds. The van der Waals surface area contributed by atoms with Gasteiger partial charge >= 0.3 is 12.5 Å². The van der Waals surface area contributed by atoms with E-state index in [4.69, 9.17) is 0 Å². The first-order chi connectivity index (χ1) is 16.4. The molecule has 0 aromatic rings. The van der Waals surface area contributed by atoms with Crippen LogP contribution in [0.2, 0.25) is 0 Å². The van der Waals surface area contributed by atoms with Gasteiger partial charge < -0.3 is 20.6 Å². The zero-order valence-corrected chi connectivity index (χ0v) is 19.4. The number of hydrogen-bond donors (Lipinski definition) is 3. The van der Waals surface area contributed by atoms with E-state index in [-0.39, 0.29) is 31.8 Å². The monoisotopic (exact) mass is 531 g/mol. The van der Waals surface area contributed by atoms with Crippen LogP contribution in [0, 0.1) is 23.2 Å². The number of likely N-dealkylation sites (tertiary alicyclic amines) is 1. The number of carbonyl (C=O) groups is 4. The Labute approximate surface area is 201 Å². The second-order valence-corrected chi connectivity index (χ2v) is 10.00. The van der Waals surface area contributed by atoms with Crippen LogP contribution in [0.25, 0.3) is 0 Å². The molecular weight excluding hydrogens is 504 g/mol. The predicted octanol–water partition coefficient (Wildman–Crippen LogP) is 0.899. The second kappa shape index (κ2) is 9.80. The van der Waals surface area contributed by atoms with Crippen molar-refractivity contribution < 1.29 is 55.4 Å². The van der Waals surface area contributed by atoms with Crippen LogP contribution in [-0.2, 0) is 23.9 Å². The number of ether oxygens (including phenoxy) is 1. The van der Waals surface area contributed by atoms with Crippen molar-refractivity contribution in [2.45, 2.75) is 63.8 Å². The van der Waals surface area contributed by atoms with E-state index in [2.05, 4.69) is 15.4 Å². The van der Waals surface area contributed by atoms with E-state index in [9.17, 15) is 50.6 Å². The van der Waals surface area contributed by atoms with E-state index in [1.807, 2.05) is 0 Å². The summed E-state index contributed by atoms with van der Waals surface area (Å²) in [5.74, 6) is -5.44. The lowest BCUT2D eigenvalue weighted by atomic mass is 9.94. The number of nitrogens with one attached hydrogen (secondary N) is 2. The fourth-order valence-electron chi connectivity index (χ4n) is 5.25. The Morgan fingerprint density at radius 1 is 1.22 bits per heavy atom. The second-order valence-electron chi connectivity index (χ2n) is 10.00. The van der Waals surface area contributed by atoms with E-state index in [0.29, 0.717) is 0 Å². The Hall–Kier alpha value is -2.42. The highest BCUT2D eigenvalue weighted by atomic mass is 19.4. The molecule has 0 radical (unpaired) electrons. The predicted molar refractivity (Wildman–Crippen MR) is 108 cm³/mol. The fraction of sp³-hybridized carbons (Fsp3) is 0.810. The van der Waals surface area contributed by atoms with E-state index in [1.165, 1.54) is 0 Å². The molecule has 0 bridgehead atoms. The van der Waals surface area contributed by atoms with E-state index >= 15 is 0 Å². The zero-order valence-electron chi connectivity index (χ0n) is 19.4. The molecule has 1 unspecified atom stereocenters. The molecule has 2 heterocycles. The van der Waals surface area contributed by atoms with Crippen molar-refractivity contribution in [1.82, 2.24) is 15.5 Å². The van der Waals surface area contributed by atoms with Gasteiger partial charge in [-0.05, 0) is 30.1 Å². The number of aliphatic hydroxyl groups excluding tert-OH is 1. The van der Waals surface area contributed by atoms with Crippen molar-refractivity contribution in [1.29, 1.82) is 0 Å². The summed E-state index contributed by atoms with van der Waals surface area (Å²) in [5, 5.41) is 14.6. The van der Waals surface area contributed by atoms with Crippen molar-refractivity contribution in [3.8, 4) is 0 Å². The number of alkyl halides is 6. The maximum atomic E-state index is 13.2. The third-order valence-electron chi connectivity index (χ3n) is 7.24. The molecule has 9 nitrogen and oxygen atoms in total. The molecule has 1 aliphatic carbocycles. The summed E-state index contributed by atoms with van der Waals surface area (Å²) in [6.07, 6.45) is -14.3. The number of carbonyl (C=O) groups excluding carboxylic acids is 4. The lowest BCUT2D eigenvalue weighted by Gasteiger charge is -2.33. The van der Waals surface area contributed by atoms with Crippen molar-refractivity contribution in [2.24, 2.45) is 23.2 Å². The summed E-state index contributed by atoms with van der Waals surface area (Å²) >= 11 is 0. The van der Waals surface area contributed by atoms with Gasteiger partial charge in [-0.25, -0.2) is 0 Å². The van der Waals surface area contributed by atoms with Crippen LogP contribution in [0.3, 0.4) is 0 Å². The number of ketones is 1. The van der Waals surface area contributed by atoms with Crippen molar-refractivity contribution in [3.05, 3.63) is 0 Å². The molecule has 1 saturated carbocycles. The molecular formula is C21H27F6N3O6. The van der Waals surface area contributed by atoms with Gasteiger partial charge in [0.15, 0.2) is 5.78 Å². The third kappa shape index (κ3) is 6.28. The lowest BCUT2D eigenvalue weighted by Crippen LogP contribution is -2.56. The maximum Gasteiger partial charge on any atom is 0.522 e. The molecule has 3 rings (SSSR count). The van der Waals surface area contributed by atoms with Crippen LogP contribution in [0.5, 0.6) is 0 Å². The van der Waals surface area contributed by atoms with Gasteiger partial charge in [0.25, 0.3) is 5.91 Å². The highest BCUT2D eigenvalue weighted by Crippen LogP contribution is 2.65. The van der Waals surface area contributed by atoms with Gasteiger partial charge in [-0.3, -0.25) is 23.9 Å². The summed E-state index contributed by atoms with van der Waals surface area (Å²) in [6, 6.07) is -2.93. The summed E-state index contributed by atoms with van der Waals surface area (Å²) < 4.78 is 79.0. The van der Waals surface area contributed by atoms with E-state index in [0.717, 1.165) is 4.90 Å². The lowest BCUT2D eigenvalue weighted by molar-refractivity contribution is -0.321. The van der Waals surface area contributed by atoms with Crippen LogP contribution in [0.15, 0.2) is 0 Å². The number of piperidine rings is 1. The molecule has 0 spiro atoms. The number of Topliss-reactive ketones (excluding diaryl/α,β-unsaturated/α-hetero) is 1. The molecule has 3 aliphatic rings. The Balaban J connectivity index is 1.78. The number of amides is 3. The maximum absolute atomic E-state index is 13.2. The van der Waals surface area contributed by atoms with Crippen LogP contribution in [-0.4, -0.2) is 83.9 Å². The van der Waals surface area contributed by atoms with Gasteiger partial charge in [-0.15, -0.1) is 13.2 Å². The third-order valence-corrected chi connectivity index (χ3v) is 7.24. The largest absolute Gasteiger partial charge is 0.522 e. The Morgan fingerprint density at radius 2 is 1.86 bits per heavy atom. The average Bonchev–Trinajstić information content (AvgIpc) is 3.09. The first kappa shape index (κ1) is 28.2. The molecule has 2 saturated heterocycles. The minimum atomic E-state index is -5.12. The van der Waals surface area contributed by atoms with Crippen molar-refractivity contribution >= 4 is 23.5 Å². The SMILES string of the molecule is CC1(C)[C@@H]2[C@@H](C(=O)N[C@@H](CC3CCNC3=O)C(=O)COC(F)(F)F)N(C(=O)[C@H](O)CC(F)(F)F)C[C@@H]21. The quantitative estimate of drug-likeness (QED) is 0.380. The molecule has 15 heteroatoms. The number of nitrogens with zero attached hydrogens (tertiary/aromatic N) is 1. The zero-order chi connectivity index (χ0) is 27.2. The molecule has 3 N–H and O–H groups in total. The molecule has 0 aromatic carbocycles. The van der Waals surface area contributed by atoms with Gasteiger partial charge in [0.1, 0.15) is 18.8 Å². The minimum Gasteiger partial charge on any atom is -0.383 e. The molecule has 3 fully saturated rings. The summed E-state index contributed by atoms with van der Waals surface area (Å²) in [7, 11) is 0. The smallest absolute Gasteiger partial charge is 0.383 e. The van der Waals surface area contributed by atoms with Crippen LogP contribution >= 0.6 is 0 Å². The molecule has 0 aromatic heterocycles. The number of hydrogen-bond acceptors (Lipinski definition) is 6. The Morgan fingerprint density at radius 3 is 2.39 bits per heavy atom. The van der Waals surface area contributed by atoms with E-state index < -0.39 is 84.5 Å². The van der Waals surface area contributed by atoms with Crippen LogP contribution in [0.4, 0.5) is 26.3 Å². The van der Waals surface area contributed by atoms with Crippen LogP contribution in [0.1, 0.15) is 33.1 Å². The van der Waals surface area contributed by atoms with Gasteiger partial charge in [-0.1, -0.05) is 13.8 Å². The van der Waals surface area contributed by atoms with Gasteiger partial charge in [0.2, 0.25) is 11.8 Å². The van der Waals surface area contributed by atoms with Crippen molar-refractivity contribution in [3.63, 3.8) is 0 Å². The van der Waals surface area contributed by atoms with Gasteiger partial charge in [0, 0.05) is 19.0 Å². The number of rotatable bonds is 9. The van der Waals surface area contributed by atoms with Gasteiger partial charge in [-0.2, -0.15) is 13.2 Å². The summed E-state index contributed by atoms with van der Waals surface area (Å²) in [6.45, 7) is 2.29. The topological polar surface area (TPSA) is 125 Å². The highest BCUT2D eigenvalue weighted by molar-refractivity contribution is 5.95. The Bertz CT molecular complexity index is 908. The average molecular weight is 531 g/mol. The highest BCUT2D eigenvalue weighted by Gasteiger charge is 2.69. The molecule has 2 aliphatic heterocycles. The first-order valence-electron chi connectivity index (χ1n) is 11.3. The standard InChI is InChI=1S/C21H27F6N3O6/c1-19(2)10-7-30(18(35)12(31)6-20(22,23)24)15(14(10)19)17(34)29-11(5-9-3-4-28-16(9)33)13(32)8-36-21(25,26)27/h9-12,14-15,31H,3-8H2,1-2H3,(H,28,33)(H,29,34)/t9?,10-,11-,12+,14-,15-/m0/s1. The minimum absolute atomic E-state index is 0.107. The molecule has 6 atom stereocenters. The summed E-state index contributed by atoms with van der Waals surface area (Å²) in [5.41, 5.74) is -0.474. The van der Waals surface area contributed by atoms with Gasteiger partial charge in [0.05, 0.1) is 12.5 Å². The first-order valence-corrected chi connectivity index (χ1v) is 11.3. The van der Waals surface area contributed by atoms with E-state index in [1.54, 1.807) is 13.8 Å². The Kier molecular flexibility index (Phi) is 7.66. The fourth-order valence-corrected chi connectivity index (χ4v) is 5.25. The summed E-state index contributed by atoms with van der Waals surface area (Å²) in [4.78, 5) is 51.1. The number of aliphatic hydroxyl groups is 1.